The van der Waals surface area contributed by atoms with Crippen molar-refractivity contribution in [3.05, 3.63) is 12.2 Å². The Kier molecular flexibility index (Phi) is 12.7. The summed E-state index contributed by atoms with van der Waals surface area (Å²) in [4.78, 5) is 11.3. The van der Waals surface area contributed by atoms with E-state index in [0.29, 0.717) is 13.0 Å². The number of carbonyl (C=O) groups excluding carboxylic acids is 1. The van der Waals surface area contributed by atoms with E-state index in [1.54, 1.807) is 0 Å². The maximum absolute atomic E-state index is 11.3. The molecule has 0 saturated carbocycles. The van der Waals surface area contributed by atoms with E-state index in [0.717, 1.165) is 32.1 Å². The SMILES string of the molecule is CCCC/C=C/CCCCC(=O)OCCCC. The normalized spacial score (nSPS) is 10.9. The van der Waals surface area contributed by atoms with Gasteiger partial charge in [0.25, 0.3) is 0 Å². The second-order valence-corrected chi connectivity index (χ2v) is 4.43. The minimum Gasteiger partial charge on any atom is -0.466 e. The molecule has 0 aromatic heterocycles. The van der Waals surface area contributed by atoms with Crippen LogP contribution in [0.4, 0.5) is 0 Å². The largest absolute Gasteiger partial charge is 0.466 e. The van der Waals surface area contributed by atoms with Crippen molar-refractivity contribution in [2.75, 3.05) is 6.61 Å². The number of esters is 1. The van der Waals surface area contributed by atoms with Gasteiger partial charge in [0.15, 0.2) is 0 Å². The van der Waals surface area contributed by atoms with Gasteiger partial charge in [-0.3, -0.25) is 4.79 Å². The van der Waals surface area contributed by atoms with Gasteiger partial charge >= 0.3 is 5.97 Å². The van der Waals surface area contributed by atoms with Gasteiger partial charge in [-0.15, -0.1) is 0 Å². The van der Waals surface area contributed by atoms with Gasteiger partial charge in [-0.2, -0.15) is 0 Å². The molecule has 0 rings (SSSR count). The smallest absolute Gasteiger partial charge is 0.305 e. The fourth-order valence-electron chi connectivity index (χ4n) is 1.49. The van der Waals surface area contributed by atoms with Crippen LogP contribution in [0.15, 0.2) is 12.2 Å². The number of hydrogen-bond acceptors (Lipinski definition) is 2. The van der Waals surface area contributed by atoms with Crippen LogP contribution >= 0.6 is 0 Å². The quantitative estimate of drug-likeness (QED) is 0.299. The summed E-state index contributed by atoms with van der Waals surface area (Å²) in [5, 5.41) is 0. The molecule has 0 unspecified atom stereocenters. The third kappa shape index (κ3) is 13.1. The van der Waals surface area contributed by atoms with Gasteiger partial charge in [0.05, 0.1) is 6.61 Å². The molecule has 17 heavy (non-hydrogen) atoms. The van der Waals surface area contributed by atoms with Crippen LogP contribution in [0.1, 0.15) is 71.6 Å². The number of allylic oxidation sites excluding steroid dienone is 2. The first-order valence-corrected chi connectivity index (χ1v) is 7.11. The molecule has 2 heteroatoms. The van der Waals surface area contributed by atoms with Crippen molar-refractivity contribution in [2.45, 2.75) is 71.6 Å². The van der Waals surface area contributed by atoms with Crippen molar-refractivity contribution in [1.82, 2.24) is 0 Å². The first kappa shape index (κ1) is 16.2. The lowest BCUT2D eigenvalue weighted by Gasteiger charge is -2.02. The number of hydrogen-bond donors (Lipinski definition) is 0. The molecule has 2 nitrogen and oxygen atoms in total. The fraction of sp³-hybridized carbons (Fsp3) is 0.800. The topological polar surface area (TPSA) is 26.3 Å². The van der Waals surface area contributed by atoms with Crippen molar-refractivity contribution in [2.24, 2.45) is 0 Å². The minimum absolute atomic E-state index is 0.0339. The summed E-state index contributed by atoms with van der Waals surface area (Å²) in [6, 6.07) is 0. The molecule has 0 fully saturated rings. The lowest BCUT2D eigenvalue weighted by atomic mass is 10.1. The zero-order valence-corrected chi connectivity index (χ0v) is 11.5. The van der Waals surface area contributed by atoms with Gasteiger partial charge in [0.1, 0.15) is 0 Å². The molecular formula is C15H28O2. The Morgan fingerprint density at radius 3 is 2.24 bits per heavy atom. The highest BCUT2D eigenvalue weighted by atomic mass is 16.5. The Morgan fingerprint density at radius 1 is 0.941 bits per heavy atom. The van der Waals surface area contributed by atoms with E-state index in [1.807, 2.05) is 0 Å². The molecule has 0 N–H and O–H groups in total. The van der Waals surface area contributed by atoms with E-state index < -0.39 is 0 Å². The Hall–Kier alpha value is -0.790. The molecule has 0 aromatic rings. The summed E-state index contributed by atoms with van der Waals surface area (Å²) in [5.74, 6) is -0.0339. The summed E-state index contributed by atoms with van der Waals surface area (Å²) < 4.78 is 5.09. The molecule has 0 aromatic carbocycles. The van der Waals surface area contributed by atoms with Gasteiger partial charge < -0.3 is 4.74 Å². The average Bonchev–Trinajstić information content (AvgIpc) is 2.33. The van der Waals surface area contributed by atoms with Crippen LogP contribution in [0.2, 0.25) is 0 Å². The van der Waals surface area contributed by atoms with E-state index in [9.17, 15) is 4.79 Å². The number of carbonyl (C=O) groups is 1. The molecule has 100 valence electrons. The standard InChI is InChI=1S/C15H28O2/c1-3-5-7-8-9-10-11-12-13-15(16)17-14-6-4-2/h8-9H,3-7,10-14H2,1-2H3/b9-8+. The van der Waals surface area contributed by atoms with E-state index in [2.05, 4.69) is 26.0 Å². The predicted octanol–water partition coefficient (Wildman–Crippen LogP) is 4.64. The third-order valence-electron chi connectivity index (χ3n) is 2.65. The Morgan fingerprint density at radius 2 is 1.59 bits per heavy atom. The van der Waals surface area contributed by atoms with Crippen LogP contribution in [0.5, 0.6) is 0 Å². The van der Waals surface area contributed by atoms with Gasteiger partial charge in [0, 0.05) is 6.42 Å². The van der Waals surface area contributed by atoms with E-state index in [1.165, 1.54) is 19.3 Å². The molecule has 0 spiro atoms. The zero-order chi connectivity index (χ0) is 12.8. The summed E-state index contributed by atoms with van der Waals surface area (Å²) in [6.45, 7) is 4.89. The van der Waals surface area contributed by atoms with Crippen molar-refractivity contribution in [3.8, 4) is 0 Å². The van der Waals surface area contributed by atoms with Crippen molar-refractivity contribution < 1.29 is 9.53 Å². The molecular weight excluding hydrogens is 212 g/mol. The van der Waals surface area contributed by atoms with Crippen molar-refractivity contribution in [1.29, 1.82) is 0 Å². The van der Waals surface area contributed by atoms with Gasteiger partial charge in [-0.05, 0) is 32.1 Å². The van der Waals surface area contributed by atoms with E-state index in [-0.39, 0.29) is 5.97 Å². The Labute approximate surface area is 106 Å². The first-order chi connectivity index (χ1) is 8.31. The maximum Gasteiger partial charge on any atom is 0.305 e. The van der Waals surface area contributed by atoms with Crippen LogP contribution in [-0.4, -0.2) is 12.6 Å². The monoisotopic (exact) mass is 240 g/mol. The van der Waals surface area contributed by atoms with Gasteiger partial charge in [0.2, 0.25) is 0 Å². The summed E-state index contributed by atoms with van der Waals surface area (Å²) >= 11 is 0. The molecule has 0 radical (unpaired) electrons. The predicted molar refractivity (Wildman–Crippen MR) is 73.0 cm³/mol. The summed E-state index contributed by atoms with van der Waals surface area (Å²) in [7, 11) is 0. The fourth-order valence-corrected chi connectivity index (χ4v) is 1.49. The molecule has 0 amide bonds. The Bertz CT molecular complexity index is 197. The summed E-state index contributed by atoms with van der Waals surface area (Å²) in [6.07, 6.45) is 14.0. The van der Waals surface area contributed by atoms with E-state index in [4.69, 9.17) is 4.74 Å². The minimum atomic E-state index is -0.0339. The molecule has 0 aliphatic rings. The molecule has 0 saturated heterocycles. The third-order valence-corrected chi connectivity index (χ3v) is 2.65. The van der Waals surface area contributed by atoms with Gasteiger partial charge in [-0.25, -0.2) is 0 Å². The lowest BCUT2D eigenvalue weighted by molar-refractivity contribution is -0.143. The molecule has 0 aliphatic heterocycles. The van der Waals surface area contributed by atoms with Crippen LogP contribution in [-0.2, 0) is 9.53 Å². The van der Waals surface area contributed by atoms with Crippen LogP contribution in [0, 0.1) is 0 Å². The number of ether oxygens (including phenoxy) is 1. The van der Waals surface area contributed by atoms with Crippen LogP contribution < -0.4 is 0 Å². The van der Waals surface area contributed by atoms with Crippen LogP contribution in [0.25, 0.3) is 0 Å². The molecule has 0 bridgehead atoms. The number of rotatable bonds is 11. The maximum atomic E-state index is 11.3. The van der Waals surface area contributed by atoms with E-state index >= 15 is 0 Å². The molecule has 0 atom stereocenters. The number of unbranched alkanes of at least 4 members (excludes halogenated alkanes) is 5. The molecule has 0 aliphatic carbocycles. The highest BCUT2D eigenvalue weighted by molar-refractivity contribution is 5.69. The van der Waals surface area contributed by atoms with Gasteiger partial charge in [-0.1, -0.05) is 45.3 Å². The molecule has 0 heterocycles. The average molecular weight is 240 g/mol. The Balaban J connectivity index is 3.21. The second kappa shape index (κ2) is 13.3. The highest BCUT2D eigenvalue weighted by Gasteiger charge is 2.00. The van der Waals surface area contributed by atoms with Crippen LogP contribution in [0.3, 0.4) is 0 Å². The summed E-state index contributed by atoms with van der Waals surface area (Å²) in [5.41, 5.74) is 0. The first-order valence-electron chi connectivity index (χ1n) is 7.11. The highest BCUT2D eigenvalue weighted by Crippen LogP contribution is 2.04. The van der Waals surface area contributed by atoms with Crippen molar-refractivity contribution >= 4 is 5.97 Å². The lowest BCUT2D eigenvalue weighted by Crippen LogP contribution is -2.05. The zero-order valence-electron chi connectivity index (χ0n) is 11.5. The van der Waals surface area contributed by atoms with Crippen molar-refractivity contribution in [3.63, 3.8) is 0 Å². The second-order valence-electron chi connectivity index (χ2n) is 4.43.